The molecule has 2 saturated heterocycles. The van der Waals surface area contributed by atoms with Gasteiger partial charge in [0, 0.05) is 32.8 Å². The average Bonchev–Trinajstić information content (AvgIpc) is 2.73. The van der Waals surface area contributed by atoms with Gasteiger partial charge in [-0.05, 0) is 57.3 Å². The number of nitrogens with zero attached hydrogens (tertiary/aromatic N) is 2. The molecule has 1 N–H and O–H groups in total. The van der Waals surface area contributed by atoms with E-state index in [-0.39, 0.29) is 11.8 Å². The molecule has 2 fully saturated rings. The van der Waals surface area contributed by atoms with Gasteiger partial charge in [0.15, 0.2) is 0 Å². The molecule has 0 aromatic heterocycles. The van der Waals surface area contributed by atoms with Crippen LogP contribution in [0.2, 0.25) is 0 Å². The Labute approximate surface area is 164 Å². The smallest absolute Gasteiger partial charge is 0.224 e. The molecule has 27 heavy (non-hydrogen) atoms. The van der Waals surface area contributed by atoms with Crippen LogP contribution in [0.3, 0.4) is 0 Å². The molecule has 5 nitrogen and oxygen atoms in total. The number of methoxy groups -OCH3 is 1. The van der Waals surface area contributed by atoms with E-state index in [2.05, 4.69) is 39.4 Å². The second-order valence-corrected chi connectivity index (χ2v) is 7.93. The Balaban J connectivity index is 1.39. The second kappa shape index (κ2) is 10.8. The maximum Gasteiger partial charge on any atom is 0.224 e. The first kappa shape index (κ1) is 20.3. The number of carbonyl (C=O) groups is 1. The number of hydrogen-bond acceptors (Lipinski definition) is 4. The summed E-state index contributed by atoms with van der Waals surface area (Å²) in [4.78, 5) is 17.7. The molecule has 1 aromatic carbocycles. The average molecular weight is 374 g/mol. The first-order chi connectivity index (χ1) is 13.3. The highest BCUT2D eigenvalue weighted by molar-refractivity contribution is 5.79. The lowest BCUT2D eigenvalue weighted by molar-refractivity contribution is -0.127. The molecule has 5 heteroatoms. The lowest BCUT2D eigenvalue weighted by Crippen LogP contribution is -2.51. The van der Waals surface area contributed by atoms with Crippen LogP contribution in [0, 0.1) is 5.92 Å². The fourth-order valence-electron chi connectivity index (χ4n) is 4.40. The predicted molar refractivity (Wildman–Crippen MR) is 109 cm³/mol. The van der Waals surface area contributed by atoms with E-state index in [0.717, 1.165) is 65.1 Å². The van der Waals surface area contributed by atoms with Gasteiger partial charge < -0.3 is 15.0 Å². The Kier molecular flexibility index (Phi) is 8.11. The van der Waals surface area contributed by atoms with Crippen molar-refractivity contribution in [2.75, 3.05) is 53.0 Å². The summed E-state index contributed by atoms with van der Waals surface area (Å²) in [7, 11) is 1.77. The van der Waals surface area contributed by atoms with Gasteiger partial charge in [0.2, 0.25) is 5.91 Å². The second-order valence-electron chi connectivity index (χ2n) is 7.93. The van der Waals surface area contributed by atoms with Crippen LogP contribution in [-0.2, 0) is 16.0 Å². The maximum atomic E-state index is 12.6. The molecule has 0 bridgehead atoms. The molecule has 1 amide bonds. The van der Waals surface area contributed by atoms with Crippen LogP contribution < -0.4 is 5.32 Å². The summed E-state index contributed by atoms with van der Waals surface area (Å²) < 4.78 is 5.19. The van der Waals surface area contributed by atoms with E-state index in [1.54, 1.807) is 7.11 Å². The SMILES string of the molecule is COCCN1CCC(N2CCC[C@H](C(=O)NCCc3ccccc3)C2)CC1. The topological polar surface area (TPSA) is 44.8 Å². The van der Waals surface area contributed by atoms with Crippen molar-refractivity contribution in [2.24, 2.45) is 5.92 Å². The Morgan fingerprint density at radius 3 is 2.67 bits per heavy atom. The van der Waals surface area contributed by atoms with Gasteiger partial charge in [-0.2, -0.15) is 0 Å². The molecule has 150 valence electrons. The molecular weight excluding hydrogens is 338 g/mol. The fourth-order valence-corrected chi connectivity index (χ4v) is 4.40. The third-order valence-electron chi connectivity index (χ3n) is 6.06. The van der Waals surface area contributed by atoms with Crippen LogP contribution in [0.1, 0.15) is 31.2 Å². The summed E-state index contributed by atoms with van der Waals surface area (Å²) in [5.41, 5.74) is 1.28. The Morgan fingerprint density at radius 2 is 1.93 bits per heavy atom. The van der Waals surface area contributed by atoms with Crippen molar-refractivity contribution in [3.8, 4) is 0 Å². The Bertz CT molecular complexity index is 558. The maximum absolute atomic E-state index is 12.6. The molecule has 0 saturated carbocycles. The van der Waals surface area contributed by atoms with Crippen molar-refractivity contribution in [1.82, 2.24) is 15.1 Å². The van der Waals surface area contributed by atoms with Crippen molar-refractivity contribution in [3.63, 3.8) is 0 Å². The predicted octanol–water partition coefficient (Wildman–Crippen LogP) is 2.17. The number of nitrogens with one attached hydrogen (secondary N) is 1. The molecule has 3 rings (SSSR count). The lowest BCUT2D eigenvalue weighted by Gasteiger charge is -2.42. The first-order valence-corrected chi connectivity index (χ1v) is 10.5. The van der Waals surface area contributed by atoms with Crippen LogP contribution in [0.15, 0.2) is 30.3 Å². The van der Waals surface area contributed by atoms with Crippen molar-refractivity contribution in [1.29, 1.82) is 0 Å². The van der Waals surface area contributed by atoms with Gasteiger partial charge in [0.25, 0.3) is 0 Å². The van der Waals surface area contributed by atoms with Crippen LogP contribution in [0.4, 0.5) is 0 Å². The number of carbonyl (C=O) groups excluding carboxylic acids is 1. The summed E-state index contributed by atoms with van der Waals surface area (Å²) in [5.74, 6) is 0.397. The third-order valence-corrected chi connectivity index (χ3v) is 6.06. The van der Waals surface area contributed by atoms with E-state index in [1.807, 2.05) is 6.07 Å². The Hall–Kier alpha value is -1.43. The summed E-state index contributed by atoms with van der Waals surface area (Å²) in [5, 5.41) is 3.17. The van der Waals surface area contributed by atoms with E-state index in [4.69, 9.17) is 4.74 Å². The zero-order valence-electron chi connectivity index (χ0n) is 16.7. The van der Waals surface area contributed by atoms with Crippen molar-refractivity contribution < 1.29 is 9.53 Å². The third kappa shape index (κ3) is 6.30. The van der Waals surface area contributed by atoms with Crippen LogP contribution in [0.5, 0.6) is 0 Å². The molecular formula is C22H35N3O2. The Morgan fingerprint density at radius 1 is 1.15 bits per heavy atom. The zero-order valence-corrected chi connectivity index (χ0v) is 16.7. The standard InChI is InChI=1S/C22H35N3O2/c1-27-17-16-24-14-10-21(11-15-24)25-13-5-8-20(18-25)22(26)23-12-9-19-6-3-2-4-7-19/h2-4,6-7,20-21H,5,8-18H2,1H3,(H,23,26)/t20-/m0/s1. The minimum Gasteiger partial charge on any atom is -0.383 e. The molecule has 1 atom stereocenters. The molecule has 2 heterocycles. The molecule has 0 spiro atoms. The highest BCUT2D eigenvalue weighted by Crippen LogP contribution is 2.24. The van der Waals surface area contributed by atoms with E-state index in [1.165, 1.54) is 18.4 Å². The number of rotatable bonds is 8. The number of amides is 1. The summed E-state index contributed by atoms with van der Waals surface area (Å²) in [6.45, 7) is 6.97. The first-order valence-electron chi connectivity index (χ1n) is 10.5. The monoisotopic (exact) mass is 373 g/mol. The van der Waals surface area contributed by atoms with Gasteiger partial charge in [0.05, 0.1) is 12.5 Å². The minimum atomic E-state index is 0.154. The van der Waals surface area contributed by atoms with Gasteiger partial charge in [-0.15, -0.1) is 0 Å². The van der Waals surface area contributed by atoms with Gasteiger partial charge >= 0.3 is 0 Å². The number of benzene rings is 1. The highest BCUT2D eigenvalue weighted by Gasteiger charge is 2.31. The normalized spacial score (nSPS) is 22.6. The van der Waals surface area contributed by atoms with Crippen molar-refractivity contribution in [3.05, 3.63) is 35.9 Å². The summed E-state index contributed by atoms with van der Waals surface area (Å²) in [6.07, 6.45) is 5.50. The van der Waals surface area contributed by atoms with E-state index < -0.39 is 0 Å². The quantitative estimate of drug-likeness (QED) is 0.759. The fraction of sp³-hybridized carbons (Fsp3) is 0.682. The van der Waals surface area contributed by atoms with Crippen LogP contribution in [-0.4, -0.2) is 74.7 Å². The van der Waals surface area contributed by atoms with Crippen LogP contribution >= 0.6 is 0 Å². The number of likely N-dealkylation sites (tertiary alicyclic amines) is 2. The number of piperidine rings is 2. The molecule has 0 radical (unpaired) electrons. The molecule has 0 unspecified atom stereocenters. The molecule has 2 aliphatic heterocycles. The van der Waals surface area contributed by atoms with Crippen molar-refractivity contribution in [2.45, 2.75) is 38.1 Å². The molecule has 0 aliphatic carbocycles. The van der Waals surface area contributed by atoms with E-state index >= 15 is 0 Å². The number of hydrogen-bond donors (Lipinski definition) is 1. The lowest BCUT2D eigenvalue weighted by atomic mass is 9.93. The largest absolute Gasteiger partial charge is 0.383 e. The van der Waals surface area contributed by atoms with Crippen LogP contribution in [0.25, 0.3) is 0 Å². The summed E-state index contributed by atoms with van der Waals surface area (Å²) in [6, 6.07) is 11.0. The van der Waals surface area contributed by atoms with Gasteiger partial charge in [-0.25, -0.2) is 0 Å². The minimum absolute atomic E-state index is 0.154. The highest BCUT2D eigenvalue weighted by atomic mass is 16.5. The van der Waals surface area contributed by atoms with Gasteiger partial charge in [-0.1, -0.05) is 30.3 Å². The van der Waals surface area contributed by atoms with Gasteiger partial charge in [0.1, 0.15) is 0 Å². The zero-order chi connectivity index (χ0) is 18.9. The molecule has 1 aromatic rings. The van der Waals surface area contributed by atoms with Gasteiger partial charge in [-0.3, -0.25) is 9.69 Å². The molecule has 2 aliphatic rings. The van der Waals surface area contributed by atoms with E-state index in [0.29, 0.717) is 6.04 Å². The number of ether oxygens (including phenoxy) is 1. The summed E-state index contributed by atoms with van der Waals surface area (Å²) >= 11 is 0. The van der Waals surface area contributed by atoms with E-state index in [9.17, 15) is 4.79 Å². The van der Waals surface area contributed by atoms with Crippen molar-refractivity contribution >= 4 is 5.91 Å².